The van der Waals surface area contributed by atoms with E-state index in [2.05, 4.69) is 25.6 Å². The van der Waals surface area contributed by atoms with Gasteiger partial charge in [-0.05, 0) is 50.2 Å². The summed E-state index contributed by atoms with van der Waals surface area (Å²) in [5.41, 5.74) is 9.30. The Morgan fingerprint density at radius 3 is 2.13 bits per heavy atom. The molecule has 0 radical (unpaired) electrons. The summed E-state index contributed by atoms with van der Waals surface area (Å²) in [6.45, 7) is 5.11. The average molecular weight is 625 g/mol. The van der Waals surface area contributed by atoms with Crippen molar-refractivity contribution < 1.29 is 39.2 Å². The van der Waals surface area contributed by atoms with E-state index in [0.29, 0.717) is 34.0 Å². The van der Waals surface area contributed by atoms with Crippen LogP contribution in [0.5, 0.6) is 5.75 Å². The number of anilines is 2. The molecule has 45 heavy (non-hydrogen) atoms. The maximum atomic E-state index is 12.6. The van der Waals surface area contributed by atoms with E-state index in [4.69, 9.17) is 45.3 Å². The molecule has 16 heteroatoms. The molecule has 1 amide bonds. The topological polar surface area (TPSA) is 245 Å². The molecule has 0 atom stereocenters. The highest BCUT2D eigenvalue weighted by Crippen LogP contribution is 2.36. The van der Waals surface area contributed by atoms with Gasteiger partial charge in [0.05, 0.1) is 24.2 Å². The lowest BCUT2D eigenvalue weighted by atomic mass is 10.1. The van der Waals surface area contributed by atoms with Crippen LogP contribution in [0.1, 0.15) is 50.1 Å². The van der Waals surface area contributed by atoms with Gasteiger partial charge >= 0.3 is 0 Å². The Morgan fingerprint density at radius 1 is 0.956 bits per heavy atom. The van der Waals surface area contributed by atoms with Gasteiger partial charge in [0.25, 0.3) is 23.8 Å². The monoisotopic (exact) mass is 624 g/mol. The van der Waals surface area contributed by atoms with Crippen molar-refractivity contribution in [2.24, 2.45) is 0 Å². The molecule has 0 aliphatic carbocycles. The highest BCUT2D eigenvalue weighted by molar-refractivity contribution is 6.04. The Hall–Kier alpha value is -5.64. The van der Waals surface area contributed by atoms with E-state index >= 15 is 0 Å². The minimum atomic E-state index is -0.833. The number of amides is 1. The van der Waals surface area contributed by atoms with Gasteiger partial charge in [-0.3, -0.25) is 24.2 Å². The van der Waals surface area contributed by atoms with Gasteiger partial charge in [-0.25, -0.2) is 14.6 Å². The molecule has 0 spiro atoms. The number of aliphatic carboxylic acids is 3. The minimum Gasteiger partial charge on any atom is -0.495 e. The number of carboxylic acids is 3. The second-order valence-corrected chi connectivity index (χ2v) is 9.37. The van der Waals surface area contributed by atoms with Gasteiger partial charge in [0, 0.05) is 32.5 Å². The van der Waals surface area contributed by atoms with Crippen LogP contribution < -0.4 is 21.1 Å². The number of nitrogens with zero attached hydrogens (tertiary/aromatic N) is 5. The Bertz CT molecular complexity index is 1560. The quantitative estimate of drug-likeness (QED) is 0.187. The molecule has 1 aliphatic heterocycles. The molecule has 5 rings (SSSR count). The lowest BCUT2D eigenvalue weighted by molar-refractivity contribution is -0.135. The number of carbonyl (C=O) groups excluding carboxylic acids is 1. The van der Waals surface area contributed by atoms with E-state index < -0.39 is 17.9 Å². The summed E-state index contributed by atoms with van der Waals surface area (Å²) in [6, 6.07) is 10.9. The molecule has 3 aromatic heterocycles. The number of methoxy groups -OCH3 is 1. The molecule has 240 valence electrons. The largest absolute Gasteiger partial charge is 0.495 e. The Kier molecular flexibility index (Phi) is 13.8. The molecule has 4 aromatic rings. The highest BCUT2D eigenvalue weighted by atomic mass is 16.5. The molecule has 16 nitrogen and oxygen atoms in total. The highest BCUT2D eigenvalue weighted by Gasteiger charge is 2.24. The first kappa shape index (κ1) is 35.6. The van der Waals surface area contributed by atoms with E-state index in [1.165, 1.54) is 6.33 Å². The number of nitrogen functional groups attached to an aromatic ring is 1. The molecule has 0 saturated carbocycles. The van der Waals surface area contributed by atoms with Gasteiger partial charge in [-0.1, -0.05) is 12.1 Å². The zero-order valence-corrected chi connectivity index (χ0v) is 25.2. The molecule has 0 unspecified atom stereocenters. The van der Waals surface area contributed by atoms with Crippen molar-refractivity contribution in [2.45, 2.75) is 39.7 Å². The third-order valence-corrected chi connectivity index (χ3v) is 5.79. The second kappa shape index (κ2) is 17.5. The van der Waals surface area contributed by atoms with Crippen LogP contribution >= 0.6 is 0 Å². The molecule has 1 aromatic carbocycles. The first-order valence-electron chi connectivity index (χ1n) is 13.5. The number of ether oxygens (including phenoxy) is 1. The van der Waals surface area contributed by atoms with Crippen LogP contribution in [0.15, 0.2) is 48.9 Å². The summed E-state index contributed by atoms with van der Waals surface area (Å²) in [5, 5.41) is 34.1. The Morgan fingerprint density at radius 2 is 1.58 bits per heavy atom. The maximum Gasteiger partial charge on any atom is 0.300 e. The van der Waals surface area contributed by atoms with Crippen LogP contribution in [0.4, 0.5) is 11.5 Å². The van der Waals surface area contributed by atoms with Crippen molar-refractivity contribution >= 4 is 46.4 Å². The minimum absolute atomic E-state index is 0.232. The van der Waals surface area contributed by atoms with Gasteiger partial charge < -0.3 is 36.4 Å². The number of carboxylic acid groups (broad SMARTS) is 3. The number of pyridine rings is 1. The summed E-state index contributed by atoms with van der Waals surface area (Å²) < 4.78 is 7.53. The third-order valence-electron chi connectivity index (χ3n) is 5.79. The fourth-order valence-corrected chi connectivity index (χ4v) is 4.13. The summed E-state index contributed by atoms with van der Waals surface area (Å²) in [6.07, 6.45) is 4.97. The molecule has 7 N–H and O–H groups in total. The van der Waals surface area contributed by atoms with Crippen LogP contribution in [-0.2, 0) is 14.4 Å². The fraction of sp³-hybridized carbons (Fsp3) is 0.310. The molecule has 1 aliphatic rings. The third kappa shape index (κ3) is 11.2. The van der Waals surface area contributed by atoms with Crippen molar-refractivity contribution in [1.29, 1.82) is 0 Å². The van der Waals surface area contributed by atoms with E-state index in [0.717, 1.165) is 57.9 Å². The molecular weight excluding hydrogens is 588 g/mol. The Balaban J connectivity index is 0.000000506. The number of aromatic nitrogens is 5. The van der Waals surface area contributed by atoms with E-state index in [1.807, 2.05) is 16.8 Å². The zero-order valence-electron chi connectivity index (χ0n) is 25.2. The van der Waals surface area contributed by atoms with Crippen LogP contribution in [0, 0.1) is 0 Å². The van der Waals surface area contributed by atoms with Crippen LogP contribution in [0.3, 0.4) is 0 Å². The molecule has 4 heterocycles. The van der Waals surface area contributed by atoms with Gasteiger partial charge in [0.1, 0.15) is 29.3 Å². The van der Waals surface area contributed by atoms with Crippen molar-refractivity contribution in [2.75, 3.05) is 31.2 Å². The first-order valence-corrected chi connectivity index (χ1v) is 13.5. The summed E-state index contributed by atoms with van der Waals surface area (Å²) in [4.78, 5) is 52.3. The number of carbonyl (C=O) groups is 4. The van der Waals surface area contributed by atoms with Gasteiger partial charge in [0.15, 0.2) is 5.65 Å². The fourth-order valence-electron chi connectivity index (χ4n) is 4.13. The van der Waals surface area contributed by atoms with Crippen molar-refractivity contribution in [3.63, 3.8) is 0 Å². The number of piperidine rings is 1. The number of benzene rings is 1. The number of nitrogens with one attached hydrogen (secondary N) is 2. The van der Waals surface area contributed by atoms with Gasteiger partial charge in [-0.2, -0.15) is 5.10 Å². The zero-order chi connectivity index (χ0) is 33.5. The number of nitrogens with two attached hydrogens (primary N) is 1. The first-order chi connectivity index (χ1) is 21.3. The Labute approximate surface area is 258 Å². The predicted octanol–water partition coefficient (Wildman–Crippen LogP) is 2.93. The molecule has 1 saturated heterocycles. The SMILES string of the molecule is CC(=O)O.CC(=O)O.CC(=O)O.COc1cc(-c2nn(C3CCNCC3)c3ncnc(N)c23)ccc1NC(=O)c1ccccn1. The number of rotatable bonds is 5. The lowest BCUT2D eigenvalue weighted by Crippen LogP contribution is -2.30. The standard InChI is InChI=1S/C23H24N8O2.3C2H4O2/c1-33-18-12-14(5-6-16(18)29-23(32)17-4-2-3-9-26-17)20-19-21(24)27-13-28-22(19)31(30-20)15-7-10-25-11-8-15;3*1-2(3)4/h2-6,9,12-13,15,25H,7-8,10-11H2,1H3,(H,29,32)(H2,24,27,28);3*1H3,(H,3,4). The van der Waals surface area contributed by atoms with Gasteiger partial charge in [0.2, 0.25) is 0 Å². The lowest BCUT2D eigenvalue weighted by Gasteiger charge is -2.23. The van der Waals surface area contributed by atoms with E-state index in [-0.39, 0.29) is 11.9 Å². The maximum absolute atomic E-state index is 12.6. The predicted molar refractivity (Wildman–Crippen MR) is 165 cm³/mol. The van der Waals surface area contributed by atoms with Gasteiger partial charge in [-0.15, -0.1) is 0 Å². The molecule has 0 bridgehead atoms. The smallest absolute Gasteiger partial charge is 0.300 e. The number of hydrogen-bond acceptors (Lipinski definition) is 11. The van der Waals surface area contributed by atoms with Crippen molar-refractivity contribution in [1.82, 2.24) is 30.0 Å². The second-order valence-electron chi connectivity index (χ2n) is 9.37. The summed E-state index contributed by atoms with van der Waals surface area (Å²) in [7, 11) is 1.55. The average Bonchev–Trinajstić information content (AvgIpc) is 3.38. The van der Waals surface area contributed by atoms with Crippen molar-refractivity contribution in [3.05, 3.63) is 54.6 Å². The van der Waals surface area contributed by atoms with E-state index in [9.17, 15) is 4.79 Å². The van der Waals surface area contributed by atoms with Crippen LogP contribution in [0.2, 0.25) is 0 Å². The van der Waals surface area contributed by atoms with Crippen LogP contribution in [-0.4, -0.2) is 84.1 Å². The normalized spacial score (nSPS) is 12.2. The number of fused-ring (bicyclic) bond motifs is 1. The molecular formula is C29H36N8O8. The van der Waals surface area contributed by atoms with E-state index in [1.54, 1.807) is 37.6 Å². The van der Waals surface area contributed by atoms with Crippen molar-refractivity contribution in [3.8, 4) is 17.0 Å². The number of hydrogen-bond donors (Lipinski definition) is 6. The molecule has 1 fully saturated rings. The van der Waals surface area contributed by atoms with Crippen LogP contribution in [0.25, 0.3) is 22.3 Å². The summed E-state index contributed by atoms with van der Waals surface area (Å²) in [5.74, 6) is -1.95. The summed E-state index contributed by atoms with van der Waals surface area (Å²) >= 11 is 0.